The average molecular weight is 293 g/mol. The second-order valence-electron chi connectivity index (χ2n) is 5.55. The second-order valence-corrected chi connectivity index (χ2v) is 5.55. The van der Waals surface area contributed by atoms with Gasteiger partial charge in [0.1, 0.15) is 5.82 Å². The van der Waals surface area contributed by atoms with Gasteiger partial charge >= 0.3 is 5.97 Å². The summed E-state index contributed by atoms with van der Waals surface area (Å²) in [5, 5.41) is 11.8. The van der Waals surface area contributed by atoms with Gasteiger partial charge in [-0.3, -0.25) is 9.59 Å². The number of hydrogen-bond donors (Lipinski definition) is 2. The third-order valence-electron chi connectivity index (χ3n) is 3.94. The highest BCUT2D eigenvalue weighted by atomic mass is 19.1. The Kier molecular flexibility index (Phi) is 5.31. The van der Waals surface area contributed by atoms with Crippen LogP contribution in [0, 0.1) is 11.7 Å². The summed E-state index contributed by atoms with van der Waals surface area (Å²) in [6.07, 6.45) is 4.74. The molecule has 5 heteroatoms. The van der Waals surface area contributed by atoms with Gasteiger partial charge in [0, 0.05) is 5.92 Å². The van der Waals surface area contributed by atoms with E-state index in [9.17, 15) is 14.0 Å². The minimum atomic E-state index is -0.992. The zero-order chi connectivity index (χ0) is 15.2. The first kappa shape index (κ1) is 15.5. The van der Waals surface area contributed by atoms with Crippen LogP contribution in [0.25, 0.3) is 0 Å². The Morgan fingerprint density at radius 2 is 1.81 bits per heavy atom. The van der Waals surface area contributed by atoms with Crippen LogP contribution in [-0.2, 0) is 9.59 Å². The monoisotopic (exact) mass is 293 g/mol. The molecule has 1 amide bonds. The van der Waals surface area contributed by atoms with E-state index < -0.39 is 12.0 Å². The zero-order valence-corrected chi connectivity index (χ0v) is 11.8. The largest absolute Gasteiger partial charge is 0.481 e. The van der Waals surface area contributed by atoms with Crippen LogP contribution in [0.5, 0.6) is 0 Å². The van der Waals surface area contributed by atoms with Crippen LogP contribution in [0.3, 0.4) is 0 Å². The lowest BCUT2D eigenvalue weighted by Gasteiger charge is -2.24. The summed E-state index contributed by atoms with van der Waals surface area (Å²) in [6, 6.07) is 4.97. The maximum absolute atomic E-state index is 13.0. The molecule has 1 saturated carbocycles. The summed E-state index contributed by atoms with van der Waals surface area (Å²) in [7, 11) is 0. The number of amides is 1. The fraction of sp³-hybridized carbons (Fsp3) is 0.500. The standard InChI is InChI=1S/C16H20FNO3/c17-13-8-6-11(7-9-13)14(10-15(19)20)18-16(21)12-4-2-1-3-5-12/h6-9,12,14H,1-5,10H2,(H,18,21)(H,19,20)/t14-/m1/s1. The van der Waals surface area contributed by atoms with Gasteiger partial charge in [0.25, 0.3) is 0 Å². The molecule has 0 aliphatic heterocycles. The molecule has 0 aromatic heterocycles. The predicted octanol–water partition coefficient (Wildman–Crippen LogP) is 3.04. The number of hydrogen-bond acceptors (Lipinski definition) is 2. The summed E-state index contributed by atoms with van der Waals surface area (Å²) in [5.74, 6) is -1.50. The van der Waals surface area contributed by atoms with Crippen molar-refractivity contribution in [2.24, 2.45) is 5.92 Å². The van der Waals surface area contributed by atoms with E-state index in [1.165, 1.54) is 24.3 Å². The molecule has 0 heterocycles. The van der Waals surface area contributed by atoms with Gasteiger partial charge in [-0.05, 0) is 30.5 Å². The van der Waals surface area contributed by atoms with E-state index in [-0.39, 0.29) is 24.1 Å². The Morgan fingerprint density at radius 3 is 2.38 bits per heavy atom. The third-order valence-corrected chi connectivity index (χ3v) is 3.94. The van der Waals surface area contributed by atoms with Gasteiger partial charge in [-0.2, -0.15) is 0 Å². The molecule has 1 fully saturated rings. The number of rotatable bonds is 5. The van der Waals surface area contributed by atoms with Gasteiger partial charge in [0.15, 0.2) is 0 Å². The van der Waals surface area contributed by atoms with E-state index in [0.29, 0.717) is 5.56 Å². The van der Waals surface area contributed by atoms with Gasteiger partial charge in [0.05, 0.1) is 12.5 Å². The molecule has 1 aromatic carbocycles. The van der Waals surface area contributed by atoms with Gasteiger partial charge in [-0.15, -0.1) is 0 Å². The Labute approximate surface area is 123 Å². The fourth-order valence-electron chi connectivity index (χ4n) is 2.78. The lowest BCUT2D eigenvalue weighted by atomic mass is 9.88. The molecule has 1 atom stereocenters. The molecule has 1 aliphatic rings. The summed E-state index contributed by atoms with van der Waals surface area (Å²) in [5.41, 5.74) is 0.614. The fourth-order valence-corrected chi connectivity index (χ4v) is 2.78. The highest BCUT2D eigenvalue weighted by molar-refractivity contribution is 5.80. The molecular formula is C16H20FNO3. The van der Waals surface area contributed by atoms with Crippen LogP contribution in [0.4, 0.5) is 4.39 Å². The topological polar surface area (TPSA) is 66.4 Å². The molecule has 114 valence electrons. The van der Waals surface area contributed by atoms with Crippen LogP contribution in [0.15, 0.2) is 24.3 Å². The molecule has 0 unspecified atom stereocenters. The van der Waals surface area contributed by atoms with Crippen molar-refractivity contribution in [3.8, 4) is 0 Å². The number of aliphatic carboxylic acids is 1. The van der Waals surface area contributed by atoms with Gasteiger partial charge in [-0.25, -0.2) is 4.39 Å². The molecule has 21 heavy (non-hydrogen) atoms. The average Bonchev–Trinajstić information content (AvgIpc) is 2.48. The van der Waals surface area contributed by atoms with Crippen molar-refractivity contribution >= 4 is 11.9 Å². The van der Waals surface area contributed by atoms with Crippen molar-refractivity contribution < 1.29 is 19.1 Å². The van der Waals surface area contributed by atoms with Crippen molar-refractivity contribution in [1.82, 2.24) is 5.32 Å². The quantitative estimate of drug-likeness (QED) is 0.877. The normalized spacial score (nSPS) is 17.2. The number of benzene rings is 1. The Hall–Kier alpha value is -1.91. The number of carbonyl (C=O) groups excluding carboxylic acids is 1. The van der Waals surface area contributed by atoms with E-state index in [0.717, 1.165) is 32.1 Å². The Bertz CT molecular complexity index is 495. The molecule has 0 saturated heterocycles. The first-order valence-electron chi connectivity index (χ1n) is 7.34. The lowest BCUT2D eigenvalue weighted by Crippen LogP contribution is -2.35. The summed E-state index contributed by atoms with van der Waals surface area (Å²) in [4.78, 5) is 23.2. The van der Waals surface area contributed by atoms with E-state index >= 15 is 0 Å². The highest BCUT2D eigenvalue weighted by Crippen LogP contribution is 2.25. The second kappa shape index (κ2) is 7.20. The highest BCUT2D eigenvalue weighted by Gasteiger charge is 2.25. The van der Waals surface area contributed by atoms with Crippen LogP contribution in [0.1, 0.15) is 50.1 Å². The maximum Gasteiger partial charge on any atom is 0.305 e. The third kappa shape index (κ3) is 4.55. The van der Waals surface area contributed by atoms with Gasteiger partial charge < -0.3 is 10.4 Å². The summed E-state index contributed by atoms with van der Waals surface area (Å²) < 4.78 is 13.0. The molecule has 2 N–H and O–H groups in total. The first-order valence-corrected chi connectivity index (χ1v) is 7.34. The van der Waals surface area contributed by atoms with Crippen molar-refractivity contribution in [2.45, 2.75) is 44.6 Å². The van der Waals surface area contributed by atoms with Crippen LogP contribution < -0.4 is 5.32 Å². The summed E-state index contributed by atoms with van der Waals surface area (Å²) >= 11 is 0. The molecule has 1 aliphatic carbocycles. The van der Waals surface area contributed by atoms with Crippen LogP contribution >= 0.6 is 0 Å². The van der Waals surface area contributed by atoms with Crippen molar-refractivity contribution in [3.63, 3.8) is 0 Å². The Morgan fingerprint density at radius 1 is 1.19 bits per heavy atom. The molecule has 2 rings (SSSR count). The molecular weight excluding hydrogens is 273 g/mol. The van der Waals surface area contributed by atoms with Crippen molar-refractivity contribution in [3.05, 3.63) is 35.6 Å². The SMILES string of the molecule is O=C(O)C[C@@H](NC(=O)C1CCCCC1)c1ccc(F)cc1. The van der Waals surface area contributed by atoms with E-state index in [2.05, 4.69) is 5.32 Å². The van der Waals surface area contributed by atoms with E-state index in [1.54, 1.807) is 0 Å². The smallest absolute Gasteiger partial charge is 0.305 e. The minimum absolute atomic E-state index is 0.0320. The predicted molar refractivity (Wildman–Crippen MR) is 76.1 cm³/mol. The number of carboxylic acids is 1. The minimum Gasteiger partial charge on any atom is -0.481 e. The van der Waals surface area contributed by atoms with E-state index in [4.69, 9.17) is 5.11 Å². The maximum atomic E-state index is 13.0. The summed E-state index contributed by atoms with van der Waals surface area (Å²) in [6.45, 7) is 0. The van der Waals surface area contributed by atoms with E-state index in [1.807, 2.05) is 0 Å². The number of carboxylic acid groups (broad SMARTS) is 1. The number of halogens is 1. The Balaban J connectivity index is 2.06. The van der Waals surface area contributed by atoms with Crippen molar-refractivity contribution in [2.75, 3.05) is 0 Å². The zero-order valence-electron chi connectivity index (χ0n) is 11.8. The van der Waals surface area contributed by atoms with Crippen molar-refractivity contribution in [1.29, 1.82) is 0 Å². The molecule has 4 nitrogen and oxygen atoms in total. The number of nitrogens with one attached hydrogen (secondary N) is 1. The van der Waals surface area contributed by atoms with Crippen LogP contribution in [0.2, 0.25) is 0 Å². The number of carbonyl (C=O) groups is 2. The van der Waals surface area contributed by atoms with Gasteiger partial charge in [0.2, 0.25) is 5.91 Å². The first-order chi connectivity index (χ1) is 10.1. The van der Waals surface area contributed by atoms with Gasteiger partial charge in [-0.1, -0.05) is 31.4 Å². The molecule has 0 radical (unpaired) electrons. The molecule has 1 aromatic rings. The van der Waals surface area contributed by atoms with Crippen LogP contribution in [-0.4, -0.2) is 17.0 Å². The molecule has 0 spiro atoms. The lowest BCUT2D eigenvalue weighted by molar-refractivity contribution is -0.138. The molecule has 0 bridgehead atoms.